The van der Waals surface area contributed by atoms with Crippen LogP contribution >= 0.6 is 12.4 Å². The molecule has 2 unspecified atom stereocenters. The number of hydrogen-bond acceptors (Lipinski definition) is 5. The minimum Gasteiger partial charge on any atom is -0.383 e. The summed E-state index contributed by atoms with van der Waals surface area (Å²) in [4.78, 5) is 13.8. The predicted molar refractivity (Wildman–Crippen MR) is 76.1 cm³/mol. The SMILES string of the molecule is COCC(N)C(=O)N(C(C)CS(C)(=O)=O)C1CC1.Cl. The summed E-state index contributed by atoms with van der Waals surface area (Å²) in [5, 5.41) is 0. The molecule has 0 aromatic heterocycles. The van der Waals surface area contributed by atoms with Crippen LogP contribution in [0.15, 0.2) is 0 Å². The van der Waals surface area contributed by atoms with E-state index in [0.29, 0.717) is 0 Å². The van der Waals surface area contributed by atoms with Crippen molar-refractivity contribution >= 4 is 28.2 Å². The van der Waals surface area contributed by atoms with Crippen LogP contribution in [-0.2, 0) is 19.4 Å². The van der Waals surface area contributed by atoms with Crippen LogP contribution in [0, 0.1) is 0 Å². The molecule has 0 radical (unpaired) electrons. The average molecular weight is 315 g/mol. The lowest BCUT2D eigenvalue weighted by Crippen LogP contribution is -2.52. The Balaban J connectivity index is 0.00000324. The lowest BCUT2D eigenvalue weighted by molar-refractivity contribution is -0.136. The van der Waals surface area contributed by atoms with Gasteiger partial charge in [-0.15, -0.1) is 12.4 Å². The molecular formula is C11H23ClN2O4S. The molecule has 8 heteroatoms. The fraction of sp³-hybridized carbons (Fsp3) is 0.909. The van der Waals surface area contributed by atoms with Gasteiger partial charge in [0.1, 0.15) is 15.9 Å². The van der Waals surface area contributed by atoms with Gasteiger partial charge in [0.15, 0.2) is 0 Å². The van der Waals surface area contributed by atoms with Gasteiger partial charge in [0, 0.05) is 25.4 Å². The maximum atomic E-state index is 12.2. The molecule has 0 aliphatic heterocycles. The van der Waals surface area contributed by atoms with Crippen molar-refractivity contribution in [2.75, 3.05) is 25.7 Å². The van der Waals surface area contributed by atoms with Crippen LogP contribution in [0.3, 0.4) is 0 Å². The minimum absolute atomic E-state index is 0. The number of sulfone groups is 1. The second-order valence-corrected chi connectivity index (χ2v) is 7.16. The third-order valence-electron chi connectivity index (χ3n) is 2.88. The number of carbonyl (C=O) groups excluding carboxylic acids is 1. The van der Waals surface area contributed by atoms with Crippen LogP contribution < -0.4 is 5.73 Å². The number of nitrogens with zero attached hydrogens (tertiary/aromatic N) is 1. The highest BCUT2D eigenvalue weighted by Crippen LogP contribution is 2.29. The number of carbonyl (C=O) groups is 1. The largest absolute Gasteiger partial charge is 0.383 e. The van der Waals surface area contributed by atoms with Crippen molar-refractivity contribution in [2.45, 2.75) is 37.9 Å². The van der Waals surface area contributed by atoms with Gasteiger partial charge in [0.25, 0.3) is 0 Å². The van der Waals surface area contributed by atoms with Crippen LogP contribution in [0.1, 0.15) is 19.8 Å². The van der Waals surface area contributed by atoms with Gasteiger partial charge in [0.05, 0.1) is 12.4 Å². The van der Waals surface area contributed by atoms with E-state index in [2.05, 4.69) is 0 Å². The maximum Gasteiger partial charge on any atom is 0.242 e. The number of halogens is 1. The van der Waals surface area contributed by atoms with Gasteiger partial charge in [-0.2, -0.15) is 0 Å². The number of methoxy groups -OCH3 is 1. The van der Waals surface area contributed by atoms with Crippen LogP contribution in [0.25, 0.3) is 0 Å². The zero-order valence-corrected chi connectivity index (χ0v) is 13.2. The molecule has 1 saturated carbocycles. The highest BCUT2D eigenvalue weighted by atomic mass is 35.5. The second-order valence-electron chi connectivity index (χ2n) is 4.98. The summed E-state index contributed by atoms with van der Waals surface area (Å²) in [6.45, 7) is 1.89. The monoisotopic (exact) mass is 314 g/mol. The van der Waals surface area contributed by atoms with E-state index in [1.807, 2.05) is 0 Å². The highest BCUT2D eigenvalue weighted by Gasteiger charge is 2.38. The standard InChI is InChI=1S/C11H22N2O4S.ClH/c1-8(7-18(3,15)16)13(9-4-5-9)11(14)10(12)6-17-2;/h8-10H,4-7,12H2,1-3H3;1H. The fourth-order valence-corrected chi connectivity index (χ4v) is 3.11. The molecule has 2 atom stereocenters. The summed E-state index contributed by atoms with van der Waals surface area (Å²) in [5.41, 5.74) is 5.73. The fourth-order valence-electron chi connectivity index (χ4n) is 2.07. The smallest absolute Gasteiger partial charge is 0.242 e. The molecule has 6 nitrogen and oxygen atoms in total. The first-order valence-electron chi connectivity index (χ1n) is 6.00. The van der Waals surface area contributed by atoms with E-state index in [-0.39, 0.29) is 42.8 Å². The first-order valence-corrected chi connectivity index (χ1v) is 8.06. The van der Waals surface area contributed by atoms with Gasteiger partial charge in [-0.3, -0.25) is 4.79 Å². The lowest BCUT2D eigenvalue weighted by atomic mass is 10.2. The Morgan fingerprint density at radius 1 is 1.47 bits per heavy atom. The quantitative estimate of drug-likeness (QED) is 0.703. The molecule has 1 fully saturated rings. The molecule has 2 N–H and O–H groups in total. The van der Waals surface area contributed by atoms with Crippen molar-refractivity contribution in [1.29, 1.82) is 0 Å². The topological polar surface area (TPSA) is 89.7 Å². The second kappa shape index (κ2) is 7.42. The summed E-state index contributed by atoms with van der Waals surface area (Å²) in [5.74, 6) is -0.259. The molecule has 0 saturated heterocycles. The van der Waals surface area contributed by atoms with Crippen molar-refractivity contribution in [3.8, 4) is 0 Å². The Labute approximate surface area is 121 Å². The maximum absolute atomic E-state index is 12.2. The van der Waals surface area contributed by atoms with Gasteiger partial charge in [0.2, 0.25) is 5.91 Å². The number of hydrogen-bond donors (Lipinski definition) is 1. The van der Waals surface area contributed by atoms with Gasteiger partial charge >= 0.3 is 0 Å². The van der Waals surface area contributed by atoms with Gasteiger partial charge in [-0.25, -0.2) is 8.42 Å². The molecule has 1 aliphatic carbocycles. The van der Waals surface area contributed by atoms with E-state index >= 15 is 0 Å². The Hall–Kier alpha value is -0.370. The summed E-state index contributed by atoms with van der Waals surface area (Å²) in [7, 11) is -1.63. The average Bonchev–Trinajstić information content (AvgIpc) is 2.99. The van der Waals surface area contributed by atoms with E-state index in [9.17, 15) is 13.2 Å². The van der Waals surface area contributed by atoms with E-state index in [1.165, 1.54) is 13.4 Å². The summed E-state index contributed by atoms with van der Waals surface area (Å²) >= 11 is 0. The Morgan fingerprint density at radius 3 is 2.37 bits per heavy atom. The van der Waals surface area contributed by atoms with E-state index in [1.54, 1.807) is 11.8 Å². The molecule has 0 heterocycles. The van der Waals surface area contributed by atoms with Gasteiger partial charge in [-0.05, 0) is 19.8 Å². The lowest BCUT2D eigenvalue weighted by Gasteiger charge is -2.31. The molecule has 0 spiro atoms. The predicted octanol–water partition coefficient (Wildman–Crippen LogP) is -0.194. The first-order chi connectivity index (χ1) is 8.26. The van der Waals surface area contributed by atoms with Crippen LogP contribution in [0.5, 0.6) is 0 Å². The highest BCUT2D eigenvalue weighted by molar-refractivity contribution is 7.90. The molecule has 19 heavy (non-hydrogen) atoms. The van der Waals surface area contributed by atoms with Crippen LogP contribution in [0.4, 0.5) is 0 Å². The van der Waals surface area contributed by atoms with Crippen molar-refractivity contribution in [2.24, 2.45) is 5.73 Å². The zero-order valence-electron chi connectivity index (χ0n) is 11.5. The van der Waals surface area contributed by atoms with Crippen molar-refractivity contribution < 1.29 is 17.9 Å². The normalized spacial score (nSPS) is 18.3. The van der Waals surface area contributed by atoms with E-state index in [4.69, 9.17) is 10.5 Å². The van der Waals surface area contributed by atoms with Crippen molar-refractivity contribution in [3.05, 3.63) is 0 Å². The Bertz CT molecular complexity index is 397. The third-order valence-corrected chi connectivity index (χ3v) is 3.96. The van der Waals surface area contributed by atoms with E-state index in [0.717, 1.165) is 12.8 Å². The molecular weight excluding hydrogens is 292 g/mol. The Morgan fingerprint density at radius 2 is 2.00 bits per heavy atom. The molecule has 0 aromatic carbocycles. The van der Waals surface area contributed by atoms with Gasteiger partial charge in [-0.1, -0.05) is 0 Å². The van der Waals surface area contributed by atoms with Gasteiger partial charge < -0.3 is 15.4 Å². The first kappa shape index (κ1) is 18.6. The summed E-state index contributed by atoms with van der Waals surface area (Å²) in [6, 6.07) is -0.933. The van der Waals surface area contributed by atoms with Crippen LogP contribution in [0.2, 0.25) is 0 Å². The molecule has 1 rings (SSSR count). The minimum atomic E-state index is -3.11. The molecule has 0 aromatic rings. The number of ether oxygens (including phenoxy) is 1. The third kappa shape index (κ3) is 6.07. The zero-order chi connectivity index (χ0) is 13.9. The molecule has 114 valence electrons. The molecule has 1 aliphatic rings. The molecule has 0 bridgehead atoms. The Kier molecular flexibility index (Phi) is 7.28. The summed E-state index contributed by atoms with van der Waals surface area (Å²) < 4.78 is 27.5. The van der Waals surface area contributed by atoms with Crippen LogP contribution in [-0.4, -0.2) is 63.1 Å². The van der Waals surface area contributed by atoms with E-state index < -0.39 is 15.9 Å². The number of rotatable bonds is 7. The number of nitrogens with two attached hydrogens (primary N) is 1. The van der Waals surface area contributed by atoms with Crippen molar-refractivity contribution in [1.82, 2.24) is 4.90 Å². The van der Waals surface area contributed by atoms with Crippen molar-refractivity contribution in [3.63, 3.8) is 0 Å². The number of amides is 1. The molecule has 1 amide bonds. The summed E-state index contributed by atoms with van der Waals surface area (Å²) in [6.07, 6.45) is 3.01.